The van der Waals surface area contributed by atoms with E-state index in [0.29, 0.717) is 30.0 Å². The van der Waals surface area contributed by atoms with E-state index >= 15 is 0 Å². The normalized spacial score (nSPS) is 24.0. The molecule has 2 aliphatic heterocycles. The maximum absolute atomic E-state index is 13.2. The first-order valence-electron chi connectivity index (χ1n) is 14.0. The number of nitrogens with zero attached hydrogens (tertiary/aromatic N) is 7. The molecule has 1 N–H and O–H groups in total. The molecule has 3 aliphatic rings. The van der Waals surface area contributed by atoms with Crippen molar-refractivity contribution in [1.82, 2.24) is 29.5 Å². The Hall–Kier alpha value is -3.15. The van der Waals surface area contributed by atoms with Crippen molar-refractivity contribution < 1.29 is 13.5 Å². The van der Waals surface area contributed by atoms with Gasteiger partial charge < -0.3 is 19.8 Å². The monoisotopic (exact) mass is 597 g/mol. The number of anilines is 1. The Balaban J connectivity index is 1.50. The van der Waals surface area contributed by atoms with Crippen molar-refractivity contribution >= 4 is 39.2 Å². The second kappa shape index (κ2) is 10.3. The Labute approximate surface area is 245 Å². The van der Waals surface area contributed by atoms with Crippen LogP contribution in [0.2, 0.25) is 5.15 Å². The third-order valence-corrected chi connectivity index (χ3v) is 9.56. The molecule has 0 radical (unpaired) electrons. The zero-order valence-electron chi connectivity index (χ0n) is 23.8. The first-order chi connectivity index (χ1) is 19.5. The second-order valence-corrected chi connectivity index (χ2v) is 14.2. The van der Waals surface area contributed by atoms with Crippen LogP contribution in [0.15, 0.2) is 42.7 Å². The van der Waals surface area contributed by atoms with Gasteiger partial charge in [0.05, 0.1) is 23.5 Å². The van der Waals surface area contributed by atoms with Crippen LogP contribution in [0, 0.1) is 0 Å². The fraction of sp³-hybridized carbons (Fsp3) is 0.483. The number of benzene rings is 1. The van der Waals surface area contributed by atoms with Crippen molar-refractivity contribution in [2.75, 3.05) is 37.0 Å². The summed E-state index contributed by atoms with van der Waals surface area (Å²) in [6, 6.07) is 9.94. The van der Waals surface area contributed by atoms with E-state index in [1.807, 2.05) is 45.3 Å². The van der Waals surface area contributed by atoms with Crippen LogP contribution >= 0.6 is 11.6 Å². The summed E-state index contributed by atoms with van der Waals surface area (Å²) in [7, 11) is -1.48. The Morgan fingerprint density at radius 3 is 2.56 bits per heavy atom. The molecule has 3 aromatic rings. The van der Waals surface area contributed by atoms with Gasteiger partial charge in [-0.3, -0.25) is 4.68 Å². The molecule has 218 valence electrons. The van der Waals surface area contributed by atoms with Gasteiger partial charge in [-0.15, -0.1) is 0 Å². The summed E-state index contributed by atoms with van der Waals surface area (Å²) < 4.78 is 28.1. The van der Waals surface area contributed by atoms with E-state index in [-0.39, 0.29) is 29.1 Å². The smallest absolute Gasteiger partial charge is 0.166 e. The molecule has 0 bridgehead atoms. The van der Waals surface area contributed by atoms with Crippen LogP contribution < -0.4 is 15.3 Å². The average Bonchev–Trinajstić information content (AvgIpc) is 3.23. The summed E-state index contributed by atoms with van der Waals surface area (Å²) in [6.45, 7) is 5.93. The molecule has 6 rings (SSSR count). The van der Waals surface area contributed by atoms with Gasteiger partial charge in [-0.25, -0.2) is 18.4 Å². The molecule has 4 heterocycles. The van der Waals surface area contributed by atoms with Crippen molar-refractivity contribution in [3.63, 3.8) is 0 Å². The lowest BCUT2D eigenvalue weighted by Gasteiger charge is -2.55. The minimum Gasteiger partial charge on any atom is -0.393 e. The van der Waals surface area contributed by atoms with Crippen LogP contribution in [0.4, 0.5) is 5.82 Å². The summed E-state index contributed by atoms with van der Waals surface area (Å²) >= 11 is 6.56. The first-order valence-corrected chi connectivity index (χ1v) is 16.4. The molecule has 1 saturated carbocycles. The number of likely N-dealkylation sites (tertiary alicyclic amines) is 1. The molecule has 1 atom stereocenters. The molecular formula is C29H36ClN7O3S. The molecule has 12 heteroatoms. The van der Waals surface area contributed by atoms with Crippen LogP contribution in [0.25, 0.3) is 23.3 Å². The zero-order valence-corrected chi connectivity index (χ0v) is 25.3. The molecule has 41 heavy (non-hydrogen) atoms. The molecule has 0 amide bonds. The van der Waals surface area contributed by atoms with E-state index in [1.54, 1.807) is 10.9 Å². The lowest BCUT2D eigenvalue weighted by Crippen LogP contribution is -2.69. The maximum Gasteiger partial charge on any atom is 0.166 e. The standard InChI is InChI=1S/C29H36ClN7O3S/c1-19(2)37(25-10-11-31-27(32-25)24-17-36(33-26(24)30)21-14-22(38)15-21)29(18-41(4,39)40)16-20-8-5-6-9-23(20)28(34(29)3)35-12-7-13-35/h5-6,8-11,16-17,19,21-22,38H,7,12-15,18H2,1-4H3/t21?,22?,29-/m0/s1. The number of rotatable bonds is 8. The summed E-state index contributed by atoms with van der Waals surface area (Å²) in [6.07, 6.45) is 8.91. The first kappa shape index (κ1) is 28.0. The van der Waals surface area contributed by atoms with Gasteiger partial charge in [0.15, 0.2) is 20.8 Å². The summed E-state index contributed by atoms with van der Waals surface area (Å²) in [5, 5.41) is 16.6. The molecule has 0 unspecified atom stereocenters. The quantitative estimate of drug-likeness (QED) is 0.416. The molecule has 1 aromatic carbocycles. The van der Waals surface area contributed by atoms with Crippen molar-refractivity contribution in [2.45, 2.75) is 57.0 Å². The number of halogens is 1. The number of aliphatic hydroxyl groups is 1. The lowest BCUT2D eigenvalue weighted by atomic mass is 9.90. The highest BCUT2D eigenvalue weighted by atomic mass is 35.5. The van der Waals surface area contributed by atoms with Crippen molar-refractivity contribution in [3.8, 4) is 11.4 Å². The van der Waals surface area contributed by atoms with Crippen molar-refractivity contribution in [2.24, 2.45) is 0 Å². The summed E-state index contributed by atoms with van der Waals surface area (Å²) in [5.41, 5.74) is -0.474. The van der Waals surface area contributed by atoms with E-state index < -0.39 is 15.5 Å². The molecule has 1 saturated heterocycles. The highest BCUT2D eigenvalue weighted by molar-refractivity contribution is 7.90. The topological polar surface area (TPSA) is 108 Å². The zero-order chi connectivity index (χ0) is 29.1. The molecule has 10 nitrogen and oxygen atoms in total. The number of aromatic nitrogens is 4. The summed E-state index contributed by atoms with van der Waals surface area (Å²) in [4.78, 5) is 16.0. The van der Waals surface area contributed by atoms with Crippen molar-refractivity contribution in [1.29, 1.82) is 0 Å². The molecule has 2 aromatic heterocycles. The van der Waals surface area contributed by atoms with E-state index in [4.69, 9.17) is 16.6 Å². The van der Waals surface area contributed by atoms with E-state index in [0.717, 1.165) is 35.8 Å². The minimum atomic E-state index is -3.46. The van der Waals surface area contributed by atoms with Gasteiger partial charge in [0.25, 0.3) is 0 Å². The van der Waals surface area contributed by atoms with Gasteiger partial charge in [0.2, 0.25) is 0 Å². The van der Waals surface area contributed by atoms with E-state index in [9.17, 15) is 13.5 Å². The SMILES string of the molecule is CC(C)N(c1ccnc(-c2cn(C3CC(O)C3)nc2Cl)n1)[C@]1(CS(C)(=O)=O)C=c2ccccc2=C(N2CCC2)N1C. The van der Waals surface area contributed by atoms with Gasteiger partial charge in [0.1, 0.15) is 17.3 Å². The van der Waals surface area contributed by atoms with Crippen LogP contribution in [-0.2, 0) is 9.84 Å². The predicted molar refractivity (Wildman–Crippen MR) is 160 cm³/mol. The fourth-order valence-electron chi connectivity index (χ4n) is 6.28. The highest BCUT2D eigenvalue weighted by Crippen LogP contribution is 2.38. The number of hydrogen-bond donors (Lipinski definition) is 1. The Morgan fingerprint density at radius 1 is 1.20 bits per heavy atom. The van der Waals surface area contributed by atoms with Gasteiger partial charge in [-0.1, -0.05) is 35.9 Å². The van der Waals surface area contributed by atoms with Crippen LogP contribution in [0.5, 0.6) is 0 Å². The molecule has 0 spiro atoms. The van der Waals surface area contributed by atoms with Crippen LogP contribution in [0.3, 0.4) is 0 Å². The van der Waals surface area contributed by atoms with Gasteiger partial charge in [-0.2, -0.15) is 5.10 Å². The van der Waals surface area contributed by atoms with Gasteiger partial charge >= 0.3 is 0 Å². The minimum absolute atomic E-state index is 0.0886. The van der Waals surface area contributed by atoms with Crippen LogP contribution in [0.1, 0.15) is 39.2 Å². The molecular weight excluding hydrogens is 562 g/mol. The average molecular weight is 598 g/mol. The predicted octanol–water partition coefficient (Wildman–Crippen LogP) is 1.84. The third-order valence-electron chi connectivity index (χ3n) is 8.33. The van der Waals surface area contributed by atoms with Gasteiger partial charge in [0, 0.05) is 50.0 Å². The van der Waals surface area contributed by atoms with Crippen LogP contribution in [-0.4, -0.2) is 93.0 Å². The number of aliphatic hydroxyl groups excluding tert-OH is 1. The lowest BCUT2D eigenvalue weighted by molar-refractivity contribution is 0.0434. The molecule has 1 aliphatic carbocycles. The second-order valence-electron chi connectivity index (χ2n) is 11.7. The molecule has 2 fully saturated rings. The van der Waals surface area contributed by atoms with E-state index in [1.165, 1.54) is 6.26 Å². The Kier molecular flexibility index (Phi) is 7.02. The number of sulfone groups is 1. The Bertz CT molecular complexity index is 1700. The maximum atomic E-state index is 13.2. The Morgan fingerprint density at radius 2 is 1.93 bits per heavy atom. The summed E-state index contributed by atoms with van der Waals surface area (Å²) in [5.74, 6) is 1.87. The largest absolute Gasteiger partial charge is 0.393 e. The van der Waals surface area contributed by atoms with Crippen molar-refractivity contribution in [3.05, 3.63) is 58.3 Å². The third kappa shape index (κ3) is 4.97. The highest BCUT2D eigenvalue weighted by Gasteiger charge is 2.47. The van der Waals surface area contributed by atoms with Gasteiger partial charge in [-0.05, 0) is 50.5 Å². The number of hydrogen-bond acceptors (Lipinski definition) is 9. The van der Waals surface area contributed by atoms with E-state index in [2.05, 4.69) is 43.0 Å². The fourth-order valence-corrected chi connectivity index (χ4v) is 7.69. The number of fused-ring (bicyclic) bond motifs is 1.